The number of rotatable bonds is 5. The maximum atomic E-state index is 12.9. The number of nitrogens with zero attached hydrogens (tertiary/aromatic N) is 1. The van der Waals surface area contributed by atoms with E-state index in [4.69, 9.17) is 5.73 Å². The Balaban J connectivity index is 2.07. The molecule has 0 saturated carbocycles. The minimum Gasteiger partial charge on any atom is -0.354 e. The van der Waals surface area contributed by atoms with Crippen LogP contribution in [-0.4, -0.2) is 42.4 Å². The molecular weight excluding hydrogens is 358 g/mol. The molecule has 6 heteroatoms. The van der Waals surface area contributed by atoms with Crippen LogP contribution >= 0.6 is 15.9 Å². The zero-order chi connectivity index (χ0) is 16.8. The molecular formula is C17H24BrN3O2. The van der Waals surface area contributed by atoms with E-state index in [0.717, 1.165) is 35.8 Å². The van der Waals surface area contributed by atoms with Gasteiger partial charge in [0.15, 0.2) is 0 Å². The largest absolute Gasteiger partial charge is 0.354 e. The molecule has 5 nitrogen and oxygen atoms in total. The number of piperidine rings is 1. The van der Waals surface area contributed by atoms with Crippen molar-refractivity contribution in [2.45, 2.75) is 38.6 Å². The van der Waals surface area contributed by atoms with Gasteiger partial charge in [-0.2, -0.15) is 0 Å². The second kappa shape index (κ2) is 8.45. The highest BCUT2D eigenvalue weighted by molar-refractivity contribution is 9.10. The van der Waals surface area contributed by atoms with Crippen LogP contribution in [-0.2, 0) is 4.79 Å². The van der Waals surface area contributed by atoms with E-state index >= 15 is 0 Å². The fourth-order valence-corrected chi connectivity index (χ4v) is 3.54. The third-order valence-electron chi connectivity index (χ3n) is 4.15. The van der Waals surface area contributed by atoms with Crippen LogP contribution in [0.15, 0.2) is 22.7 Å². The fraction of sp³-hybridized carbons (Fsp3) is 0.529. The number of hydrogen-bond donors (Lipinski definition) is 2. The van der Waals surface area contributed by atoms with Crippen molar-refractivity contribution in [3.05, 3.63) is 33.8 Å². The number of carbonyl (C=O) groups excluding carboxylic acids is 2. The monoisotopic (exact) mass is 381 g/mol. The van der Waals surface area contributed by atoms with Gasteiger partial charge in [-0.3, -0.25) is 9.59 Å². The Kier molecular flexibility index (Phi) is 6.59. The molecule has 2 rings (SSSR count). The Morgan fingerprint density at radius 1 is 1.39 bits per heavy atom. The van der Waals surface area contributed by atoms with Gasteiger partial charge in [-0.05, 0) is 59.8 Å². The number of aryl methyl sites for hydroxylation is 1. The molecule has 1 aliphatic rings. The zero-order valence-electron chi connectivity index (χ0n) is 13.5. The number of benzene rings is 1. The molecule has 1 aromatic rings. The van der Waals surface area contributed by atoms with Gasteiger partial charge in [0, 0.05) is 36.6 Å². The quantitative estimate of drug-likeness (QED) is 0.820. The van der Waals surface area contributed by atoms with E-state index in [2.05, 4.69) is 21.2 Å². The van der Waals surface area contributed by atoms with Crippen LogP contribution < -0.4 is 11.1 Å². The van der Waals surface area contributed by atoms with Crippen molar-refractivity contribution >= 4 is 27.7 Å². The third-order valence-corrected chi connectivity index (χ3v) is 4.81. The molecule has 2 amide bonds. The van der Waals surface area contributed by atoms with E-state index in [9.17, 15) is 9.59 Å². The molecule has 0 bridgehead atoms. The second-order valence-corrected chi connectivity index (χ2v) is 6.83. The van der Waals surface area contributed by atoms with E-state index < -0.39 is 0 Å². The molecule has 1 saturated heterocycles. The van der Waals surface area contributed by atoms with Crippen LogP contribution in [0, 0.1) is 6.92 Å². The van der Waals surface area contributed by atoms with Crippen molar-refractivity contribution in [3.63, 3.8) is 0 Å². The first-order chi connectivity index (χ1) is 11.0. The van der Waals surface area contributed by atoms with Gasteiger partial charge >= 0.3 is 0 Å². The average Bonchev–Trinajstić information content (AvgIpc) is 2.53. The topological polar surface area (TPSA) is 75.4 Å². The first kappa shape index (κ1) is 17.9. The van der Waals surface area contributed by atoms with Crippen molar-refractivity contribution in [1.82, 2.24) is 10.2 Å². The predicted octanol–water partition coefficient (Wildman–Crippen LogP) is 2.22. The first-order valence-corrected chi connectivity index (χ1v) is 8.86. The summed E-state index contributed by atoms with van der Waals surface area (Å²) in [6.45, 7) is 3.57. The summed E-state index contributed by atoms with van der Waals surface area (Å²) in [4.78, 5) is 26.4. The molecule has 0 spiro atoms. The SMILES string of the molecule is Cc1ccc(C(=O)N2CCCCC2CNC(=O)CCN)c(Br)c1. The van der Waals surface area contributed by atoms with Gasteiger partial charge in [-0.15, -0.1) is 0 Å². The molecule has 0 aromatic heterocycles. The number of nitrogens with one attached hydrogen (secondary N) is 1. The summed E-state index contributed by atoms with van der Waals surface area (Å²) in [6.07, 6.45) is 3.32. The molecule has 126 valence electrons. The maximum absolute atomic E-state index is 12.9. The van der Waals surface area contributed by atoms with Crippen molar-refractivity contribution in [3.8, 4) is 0 Å². The molecule has 23 heavy (non-hydrogen) atoms. The van der Waals surface area contributed by atoms with Gasteiger partial charge in [-0.1, -0.05) is 6.07 Å². The number of likely N-dealkylation sites (tertiary alicyclic amines) is 1. The summed E-state index contributed by atoms with van der Waals surface area (Å²) in [7, 11) is 0. The summed E-state index contributed by atoms with van der Waals surface area (Å²) in [5, 5.41) is 2.89. The normalized spacial score (nSPS) is 17.9. The molecule has 0 radical (unpaired) electrons. The number of nitrogens with two attached hydrogens (primary N) is 1. The lowest BCUT2D eigenvalue weighted by atomic mass is 10.00. The summed E-state index contributed by atoms with van der Waals surface area (Å²) in [5.41, 5.74) is 7.17. The average molecular weight is 382 g/mol. The molecule has 1 aliphatic heterocycles. The third kappa shape index (κ3) is 4.78. The number of halogens is 1. The van der Waals surface area contributed by atoms with Gasteiger partial charge in [0.05, 0.1) is 5.56 Å². The van der Waals surface area contributed by atoms with E-state index in [1.165, 1.54) is 0 Å². The number of amides is 2. The van der Waals surface area contributed by atoms with Crippen LogP contribution in [0.3, 0.4) is 0 Å². The van der Waals surface area contributed by atoms with Gasteiger partial charge in [-0.25, -0.2) is 0 Å². The number of carbonyl (C=O) groups is 2. The standard InChI is InChI=1S/C17H24BrN3O2/c1-12-5-6-14(15(18)10-12)17(23)21-9-3-2-4-13(21)11-20-16(22)7-8-19/h5-6,10,13H,2-4,7-9,11,19H2,1H3,(H,20,22). The van der Waals surface area contributed by atoms with Gasteiger partial charge in [0.1, 0.15) is 0 Å². The summed E-state index contributed by atoms with van der Waals surface area (Å²) >= 11 is 3.49. The van der Waals surface area contributed by atoms with Crippen molar-refractivity contribution < 1.29 is 9.59 Å². The Hall–Kier alpha value is -1.40. The zero-order valence-corrected chi connectivity index (χ0v) is 15.1. The van der Waals surface area contributed by atoms with Crippen LogP contribution in [0.2, 0.25) is 0 Å². The van der Waals surface area contributed by atoms with Crippen molar-refractivity contribution in [2.24, 2.45) is 5.73 Å². The van der Waals surface area contributed by atoms with E-state index in [0.29, 0.717) is 25.1 Å². The summed E-state index contributed by atoms with van der Waals surface area (Å²) in [5.74, 6) is -0.0309. The lowest BCUT2D eigenvalue weighted by Crippen LogP contribution is -2.49. The van der Waals surface area contributed by atoms with Crippen LogP contribution in [0.1, 0.15) is 41.6 Å². The molecule has 1 fully saturated rings. The molecule has 3 N–H and O–H groups in total. The predicted molar refractivity (Wildman–Crippen MR) is 94.2 cm³/mol. The minimum atomic E-state index is -0.0537. The van der Waals surface area contributed by atoms with Gasteiger partial charge in [0.2, 0.25) is 5.91 Å². The minimum absolute atomic E-state index is 0.0228. The smallest absolute Gasteiger partial charge is 0.255 e. The van der Waals surface area contributed by atoms with E-state index in [-0.39, 0.29) is 17.9 Å². The van der Waals surface area contributed by atoms with Crippen molar-refractivity contribution in [2.75, 3.05) is 19.6 Å². The second-order valence-electron chi connectivity index (χ2n) is 5.97. The van der Waals surface area contributed by atoms with Crippen molar-refractivity contribution in [1.29, 1.82) is 0 Å². The van der Waals surface area contributed by atoms with Crippen LogP contribution in [0.25, 0.3) is 0 Å². The van der Waals surface area contributed by atoms with E-state index in [1.807, 2.05) is 30.0 Å². The molecule has 1 unspecified atom stereocenters. The Labute approximate surface area is 145 Å². The molecule has 1 aromatic carbocycles. The Morgan fingerprint density at radius 3 is 2.87 bits per heavy atom. The Bertz CT molecular complexity index is 577. The van der Waals surface area contributed by atoms with Gasteiger partial charge in [0.25, 0.3) is 5.91 Å². The first-order valence-electron chi connectivity index (χ1n) is 8.07. The highest BCUT2D eigenvalue weighted by Crippen LogP contribution is 2.24. The lowest BCUT2D eigenvalue weighted by Gasteiger charge is -2.36. The maximum Gasteiger partial charge on any atom is 0.255 e. The fourth-order valence-electron chi connectivity index (χ4n) is 2.88. The summed E-state index contributed by atoms with van der Waals surface area (Å²) in [6, 6.07) is 5.81. The Morgan fingerprint density at radius 2 is 2.17 bits per heavy atom. The van der Waals surface area contributed by atoms with Crippen LogP contribution in [0.4, 0.5) is 0 Å². The highest BCUT2D eigenvalue weighted by atomic mass is 79.9. The molecule has 1 atom stereocenters. The molecule has 1 heterocycles. The lowest BCUT2D eigenvalue weighted by molar-refractivity contribution is -0.121. The van der Waals surface area contributed by atoms with Crippen LogP contribution in [0.5, 0.6) is 0 Å². The van der Waals surface area contributed by atoms with Gasteiger partial charge < -0.3 is 16.0 Å². The summed E-state index contributed by atoms with van der Waals surface area (Å²) < 4.78 is 0.819. The highest BCUT2D eigenvalue weighted by Gasteiger charge is 2.28. The molecule has 0 aliphatic carbocycles. The number of hydrogen-bond acceptors (Lipinski definition) is 3. The van der Waals surface area contributed by atoms with E-state index in [1.54, 1.807) is 0 Å².